The molecule has 3 aromatic rings. The van der Waals surface area contributed by atoms with Crippen molar-refractivity contribution in [2.75, 3.05) is 37.0 Å². The number of benzene rings is 1. The molecule has 0 bridgehead atoms. The van der Waals surface area contributed by atoms with E-state index in [0.29, 0.717) is 35.4 Å². The van der Waals surface area contributed by atoms with Crippen LogP contribution in [0, 0.1) is 5.82 Å². The fourth-order valence-corrected chi connectivity index (χ4v) is 3.07. The average Bonchev–Trinajstić information content (AvgIpc) is 3.16. The van der Waals surface area contributed by atoms with E-state index in [4.69, 9.17) is 9.47 Å². The highest BCUT2D eigenvalue weighted by atomic mass is 19.1. The molecule has 1 aliphatic rings. The first-order valence-corrected chi connectivity index (χ1v) is 8.98. The summed E-state index contributed by atoms with van der Waals surface area (Å²) in [7, 11) is 1.43. The molecule has 1 aromatic carbocycles. The molecular formula is C19H21FN6O2. The van der Waals surface area contributed by atoms with Gasteiger partial charge < -0.3 is 19.7 Å². The molecule has 9 heteroatoms. The highest BCUT2D eigenvalue weighted by Crippen LogP contribution is 2.26. The zero-order valence-electron chi connectivity index (χ0n) is 15.6. The largest absolute Gasteiger partial charge is 0.494 e. The monoisotopic (exact) mass is 384 g/mol. The van der Waals surface area contributed by atoms with Gasteiger partial charge in [-0.15, -0.1) is 0 Å². The Labute approximate surface area is 161 Å². The Morgan fingerprint density at radius 2 is 2.18 bits per heavy atom. The second-order valence-corrected chi connectivity index (χ2v) is 6.51. The number of methoxy groups -OCH3 is 1. The molecule has 0 saturated carbocycles. The molecule has 0 aliphatic carbocycles. The first-order chi connectivity index (χ1) is 13.6. The number of hydrogen-bond donors (Lipinski definition) is 2. The molecule has 28 heavy (non-hydrogen) atoms. The molecule has 2 aromatic heterocycles. The second-order valence-electron chi connectivity index (χ2n) is 6.51. The van der Waals surface area contributed by atoms with E-state index >= 15 is 0 Å². The van der Waals surface area contributed by atoms with Crippen molar-refractivity contribution in [3.8, 4) is 17.0 Å². The number of aromatic amines is 1. The fraction of sp³-hybridized carbons (Fsp3) is 0.316. The lowest BCUT2D eigenvalue weighted by Gasteiger charge is -2.31. The van der Waals surface area contributed by atoms with E-state index in [1.807, 2.05) is 6.92 Å². The van der Waals surface area contributed by atoms with Crippen LogP contribution in [0.25, 0.3) is 11.3 Å². The van der Waals surface area contributed by atoms with Gasteiger partial charge in [0.15, 0.2) is 17.4 Å². The van der Waals surface area contributed by atoms with Crippen LogP contribution >= 0.6 is 0 Å². The van der Waals surface area contributed by atoms with Crippen molar-refractivity contribution in [1.29, 1.82) is 0 Å². The number of nitrogens with one attached hydrogen (secondary N) is 2. The first-order valence-electron chi connectivity index (χ1n) is 8.98. The summed E-state index contributed by atoms with van der Waals surface area (Å²) in [5, 5.41) is 10.3. The molecule has 0 radical (unpaired) electrons. The van der Waals surface area contributed by atoms with Gasteiger partial charge in [0.05, 0.1) is 25.5 Å². The Balaban J connectivity index is 1.50. The zero-order chi connectivity index (χ0) is 19.5. The molecule has 8 nitrogen and oxygen atoms in total. The van der Waals surface area contributed by atoms with Gasteiger partial charge in [-0.1, -0.05) is 0 Å². The van der Waals surface area contributed by atoms with Crippen molar-refractivity contribution >= 4 is 17.6 Å². The lowest BCUT2D eigenvalue weighted by molar-refractivity contribution is 0.0526. The fourth-order valence-electron chi connectivity index (χ4n) is 3.07. The molecule has 1 fully saturated rings. The Morgan fingerprint density at radius 3 is 2.96 bits per heavy atom. The van der Waals surface area contributed by atoms with E-state index in [0.717, 1.165) is 13.1 Å². The van der Waals surface area contributed by atoms with Crippen LogP contribution in [-0.2, 0) is 4.74 Å². The molecule has 146 valence electrons. The van der Waals surface area contributed by atoms with E-state index in [9.17, 15) is 4.39 Å². The predicted octanol–water partition coefficient (Wildman–Crippen LogP) is 2.98. The number of anilines is 3. The summed E-state index contributed by atoms with van der Waals surface area (Å²) in [6.07, 6.45) is 1.85. The minimum Gasteiger partial charge on any atom is -0.494 e. The number of rotatable bonds is 5. The molecule has 4 rings (SSSR count). The summed E-state index contributed by atoms with van der Waals surface area (Å²) >= 11 is 0. The summed E-state index contributed by atoms with van der Waals surface area (Å²) < 4.78 is 24.4. The number of ether oxygens (including phenoxy) is 2. The van der Waals surface area contributed by atoms with E-state index in [1.165, 1.54) is 13.2 Å². The van der Waals surface area contributed by atoms with Gasteiger partial charge >= 0.3 is 0 Å². The lowest BCUT2D eigenvalue weighted by Crippen LogP contribution is -2.42. The highest BCUT2D eigenvalue weighted by molar-refractivity contribution is 5.66. The van der Waals surface area contributed by atoms with Crippen molar-refractivity contribution in [2.45, 2.75) is 13.0 Å². The van der Waals surface area contributed by atoms with Gasteiger partial charge in [0, 0.05) is 30.9 Å². The summed E-state index contributed by atoms with van der Waals surface area (Å²) in [6, 6.07) is 8.31. The van der Waals surface area contributed by atoms with Crippen LogP contribution in [-0.4, -0.2) is 53.1 Å². The minimum atomic E-state index is -0.427. The van der Waals surface area contributed by atoms with Gasteiger partial charge in [-0.2, -0.15) is 10.1 Å². The zero-order valence-corrected chi connectivity index (χ0v) is 15.6. The number of halogens is 1. The number of H-pyrrole nitrogens is 1. The van der Waals surface area contributed by atoms with Gasteiger partial charge in [0.1, 0.15) is 5.82 Å². The van der Waals surface area contributed by atoms with Crippen molar-refractivity contribution in [1.82, 2.24) is 20.2 Å². The Hall–Kier alpha value is -3.20. The maximum Gasteiger partial charge on any atom is 0.227 e. The quantitative estimate of drug-likeness (QED) is 0.699. The Kier molecular flexibility index (Phi) is 5.07. The molecule has 3 heterocycles. The molecule has 0 amide bonds. The second kappa shape index (κ2) is 7.81. The van der Waals surface area contributed by atoms with Crippen molar-refractivity contribution in [3.63, 3.8) is 0 Å². The predicted molar refractivity (Wildman–Crippen MR) is 103 cm³/mol. The standard InChI is InChI=1S/C19H21FN6O2/c1-12-11-26(7-8-28-12)19-21-6-5-17(23-19)22-18-10-15(24-25-18)13-3-4-16(27-2)14(20)9-13/h3-6,9-10,12H,7-8,11H2,1-2H3,(H2,21,22,23,24,25)/t12-/m1/s1. The number of morpholine rings is 1. The van der Waals surface area contributed by atoms with Crippen LogP contribution in [0.1, 0.15) is 6.92 Å². The van der Waals surface area contributed by atoms with Crippen molar-refractivity contribution in [3.05, 3.63) is 42.3 Å². The lowest BCUT2D eigenvalue weighted by atomic mass is 10.1. The average molecular weight is 384 g/mol. The molecular weight excluding hydrogens is 363 g/mol. The smallest absolute Gasteiger partial charge is 0.227 e. The van der Waals surface area contributed by atoms with E-state index in [2.05, 4.69) is 30.4 Å². The van der Waals surface area contributed by atoms with E-state index in [1.54, 1.807) is 30.5 Å². The summed E-state index contributed by atoms with van der Waals surface area (Å²) in [5.74, 6) is 1.62. The van der Waals surface area contributed by atoms with Crippen molar-refractivity contribution < 1.29 is 13.9 Å². The normalized spacial score (nSPS) is 16.8. The van der Waals surface area contributed by atoms with E-state index < -0.39 is 5.82 Å². The summed E-state index contributed by atoms with van der Waals surface area (Å²) in [6.45, 7) is 4.19. The van der Waals surface area contributed by atoms with Crippen LogP contribution in [0.2, 0.25) is 0 Å². The maximum atomic E-state index is 13.9. The van der Waals surface area contributed by atoms with Gasteiger partial charge in [-0.25, -0.2) is 9.37 Å². The van der Waals surface area contributed by atoms with E-state index in [-0.39, 0.29) is 11.9 Å². The van der Waals surface area contributed by atoms with Gasteiger partial charge in [-0.3, -0.25) is 5.10 Å². The maximum absolute atomic E-state index is 13.9. The molecule has 2 N–H and O–H groups in total. The van der Waals surface area contributed by atoms with Crippen LogP contribution in [0.3, 0.4) is 0 Å². The van der Waals surface area contributed by atoms with Crippen LogP contribution in [0.4, 0.5) is 22.0 Å². The third-order valence-corrected chi connectivity index (χ3v) is 4.46. The summed E-state index contributed by atoms with van der Waals surface area (Å²) in [5.41, 5.74) is 1.35. The molecule has 1 atom stereocenters. The third kappa shape index (κ3) is 3.89. The summed E-state index contributed by atoms with van der Waals surface area (Å²) in [4.78, 5) is 11.0. The minimum absolute atomic E-state index is 0.146. The van der Waals surface area contributed by atoms with Crippen LogP contribution in [0.5, 0.6) is 5.75 Å². The first kappa shape index (κ1) is 18.2. The molecule has 1 aliphatic heterocycles. The van der Waals surface area contributed by atoms with Gasteiger partial charge in [-0.05, 0) is 31.2 Å². The van der Waals surface area contributed by atoms with Crippen LogP contribution in [0.15, 0.2) is 36.5 Å². The SMILES string of the molecule is COc1ccc(-c2cc(Nc3ccnc(N4CCO[C@H](C)C4)n3)n[nH]2)cc1F. The topological polar surface area (TPSA) is 88.2 Å². The molecule has 0 spiro atoms. The van der Waals surface area contributed by atoms with Crippen LogP contribution < -0.4 is 15.0 Å². The molecule has 0 unspecified atom stereocenters. The number of hydrogen-bond acceptors (Lipinski definition) is 7. The third-order valence-electron chi connectivity index (χ3n) is 4.46. The number of nitrogens with zero attached hydrogens (tertiary/aromatic N) is 4. The van der Waals surface area contributed by atoms with Gasteiger partial charge in [0.2, 0.25) is 5.95 Å². The van der Waals surface area contributed by atoms with Gasteiger partial charge in [0.25, 0.3) is 0 Å². The highest BCUT2D eigenvalue weighted by Gasteiger charge is 2.19. The molecule has 1 saturated heterocycles. The number of aromatic nitrogens is 4. The Bertz CT molecular complexity index is 963. The Morgan fingerprint density at radius 1 is 1.29 bits per heavy atom. The van der Waals surface area contributed by atoms with Crippen molar-refractivity contribution in [2.24, 2.45) is 0 Å².